The Balaban J connectivity index is 1.33. The van der Waals surface area contributed by atoms with Gasteiger partial charge in [-0.05, 0) is 52.5 Å². The molecule has 0 fully saturated rings. The van der Waals surface area contributed by atoms with E-state index in [1.807, 2.05) is 0 Å². The van der Waals surface area contributed by atoms with Crippen LogP contribution in [0, 0.1) is 0 Å². The van der Waals surface area contributed by atoms with Crippen LogP contribution in [0.25, 0.3) is 83.9 Å². The number of benzene rings is 7. The summed E-state index contributed by atoms with van der Waals surface area (Å²) < 4.78 is 179. The number of fused-ring (bicyclic) bond motifs is 3. The largest absolute Gasteiger partial charge is 0.309 e. The predicted octanol–water partition coefficient (Wildman–Crippen LogP) is 11.3. The molecule has 2 heterocycles. The van der Waals surface area contributed by atoms with Crippen LogP contribution in [0.4, 0.5) is 0 Å². The van der Waals surface area contributed by atoms with Crippen LogP contribution in [0.2, 0.25) is 0 Å². The van der Waals surface area contributed by atoms with Crippen LogP contribution in [0.1, 0.15) is 27.4 Å². The third kappa shape index (κ3) is 5.35. The van der Waals surface area contributed by atoms with Gasteiger partial charge in [0.1, 0.15) is 0 Å². The van der Waals surface area contributed by atoms with Gasteiger partial charge in [0.2, 0.25) is 0 Å². The van der Waals surface area contributed by atoms with Gasteiger partial charge in [-0.2, -0.15) is 0 Å². The van der Waals surface area contributed by atoms with E-state index in [1.54, 1.807) is 60.7 Å². The van der Waals surface area contributed by atoms with E-state index in [9.17, 15) is 13.7 Å². The molecule has 9 aromatic rings. The third-order valence-electron chi connectivity index (χ3n) is 7.54. The van der Waals surface area contributed by atoms with Crippen molar-refractivity contribution in [3.05, 3.63) is 182 Å². The number of hydrogen-bond acceptors (Lipinski definition) is 3. The molecule has 0 radical (unpaired) electrons. The van der Waals surface area contributed by atoms with Crippen molar-refractivity contribution in [3.63, 3.8) is 0 Å². The van der Waals surface area contributed by atoms with E-state index in [2.05, 4.69) is 15.0 Å². The van der Waals surface area contributed by atoms with Crippen LogP contribution in [0.15, 0.2) is 182 Å². The fourth-order valence-electron chi connectivity index (χ4n) is 5.25. The first kappa shape index (κ1) is 14.6. The molecular formula is C45H30N4. The Bertz CT molecular complexity index is 3590. The van der Waals surface area contributed by atoms with Crippen molar-refractivity contribution in [2.24, 2.45) is 0 Å². The van der Waals surface area contributed by atoms with Gasteiger partial charge in [0.25, 0.3) is 0 Å². The molecule has 4 heteroatoms. The molecule has 0 unspecified atom stereocenters. The maximum Gasteiger partial charge on any atom is 0.164 e. The average molecular weight is 647 g/mol. The van der Waals surface area contributed by atoms with Crippen LogP contribution >= 0.6 is 0 Å². The van der Waals surface area contributed by atoms with E-state index in [0.29, 0.717) is 11.1 Å². The van der Waals surface area contributed by atoms with Gasteiger partial charge in [-0.1, -0.05) is 151 Å². The molecule has 49 heavy (non-hydrogen) atoms. The van der Waals surface area contributed by atoms with Crippen LogP contribution in [-0.2, 0) is 0 Å². The quantitative estimate of drug-likeness (QED) is 0.181. The second-order valence-corrected chi connectivity index (χ2v) is 10.5. The van der Waals surface area contributed by atoms with Crippen LogP contribution < -0.4 is 0 Å². The second-order valence-electron chi connectivity index (χ2n) is 10.5. The van der Waals surface area contributed by atoms with E-state index in [-0.39, 0.29) is 23.0 Å². The van der Waals surface area contributed by atoms with Gasteiger partial charge in [-0.25, -0.2) is 15.0 Å². The lowest BCUT2D eigenvalue weighted by atomic mass is 10.0. The zero-order valence-electron chi connectivity index (χ0n) is 45.1. The summed E-state index contributed by atoms with van der Waals surface area (Å²) in [6.45, 7) is 0. The fraction of sp³-hybridized carbons (Fsp3) is 0. The lowest BCUT2D eigenvalue weighted by molar-refractivity contribution is 1.07. The van der Waals surface area contributed by atoms with Crippen molar-refractivity contribution in [2.45, 2.75) is 0 Å². The molecule has 0 spiro atoms. The summed E-state index contributed by atoms with van der Waals surface area (Å²) in [4.78, 5) is 13.7. The number of hydrogen-bond donors (Lipinski definition) is 0. The Morgan fingerprint density at radius 1 is 0.367 bits per heavy atom. The molecule has 0 N–H and O–H groups in total. The van der Waals surface area contributed by atoms with Gasteiger partial charge in [-0.3, -0.25) is 0 Å². The van der Waals surface area contributed by atoms with Crippen molar-refractivity contribution in [3.8, 4) is 62.1 Å². The Hall–Kier alpha value is -6.65. The average Bonchev–Trinajstić information content (AvgIpc) is 3.70. The lowest BCUT2D eigenvalue weighted by Crippen LogP contribution is -2.00. The minimum Gasteiger partial charge on any atom is -0.309 e. The van der Waals surface area contributed by atoms with E-state index in [0.717, 1.165) is 4.57 Å². The lowest BCUT2D eigenvalue weighted by Gasteiger charge is -2.11. The number of nitrogens with zero attached hydrogens (tertiary/aromatic N) is 4. The predicted molar refractivity (Wildman–Crippen MR) is 201 cm³/mol. The minimum atomic E-state index is -0.956. The number of aromatic nitrogens is 4. The molecule has 230 valence electrons. The SMILES string of the molecule is [2H]c1c([2H])c([2H])c(-c2c([2H])c([2H])c3c(c2[2H])c2c([2H])c([2H])c([2H])c([2H])c2n3-c2c([2H])c([2H])c(-c3c([2H])c([2H])c(-c4nc(-c5ccccc5)nc(-c5ccccc5)n4)c([2H])c3[2H])c([2H])c2[2H])c([2H])c1[2H]. The topological polar surface area (TPSA) is 43.6 Å². The zero-order valence-corrected chi connectivity index (χ0v) is 25.1. The van der Waals surface area contributed by atoms with Gasteiger partial charge in [0.05, 0.1) is 38.4 Å². The molecule has 0 saturated heterocycles. The molecule has 0 bridgehead atoms. The van der Waals surface area contributed by atoms with Crippen molar-refractivity contribution < 1.29 is 27.4 Å². The first-order valence-electron chi connectivity index (χ1n) is 24.8. The second kappa shape index (κ2) is 12.2. The normalized spacial score (nSPS) is 17.0. The summed E-state index contributed by atoms with van der Waals surface area (Å²) in [5.74, 6) is 0.0731. The van der Waals surface area contributed by atoms with Crippen molar-refractivity contribution in [2.75, 3.05) is 0 Å². The van der Waals surface area contributed by atoms with Crippen LogP contribution in [0.5, 0.6) is 0 Å². The highest BCUT2D eigenvalue weighted by Crippen LogP contribution is 2.35. The summed E-state index contributed by atoms with van der Waals surface area (Å²) in [7, 11) is 0. The van der Waals surface area contributed by atoms with E-state index < -0.39 is 171 Å². The smallest absolute Gasteiger partial charge is 0.164 e. The summed E-state index contributed by atoms with van der Waals surface area (Å²) in [6, 6.07) is 0.832. The molecule has 0 amide bonds. The van der Waals surface area contributed by atoms with E-state index in [4.69, 9.17) is 13.7 Å². The van der Waals surface area contributed by atoms with Crippen molar-refractivity contribution in [1.82, 2.24) is 19.5 Å². The minimum absolute atomic E-state index is 0.154. The highest BCUT2D eigenvalue weighted by Gasteiger charge is 2.15. The maximum atomic E-state index is 9.41. The Morgan fingerprint density at radius 3 is 1.47 bits per heavy atom. The molecule has 2 aromatic heterocycles. The summed E-state index contributed by atoms with van der Waals surface area (Å²) in [6.07, 6.45) is 0. The molecule has 0 aliphatic heterocycles. The highest BCUT2D eigenvalue weighted by atomic mass is 15.0. The molecule has 0 aliphatic rings. The summed E-state index contributed by atoms with van der Waals surface area (Å²) in [5, 5.41) is -0.983. The van der Waals surface area contributed by atoms with Crippen LogP contribution in [0.3, 0.4) is 0 Å². The first-order chi connectivity index (χ1) is 32.6. The molecule has 0 saturated carbocycles. The standard InChI is InChI=1S/C45H30N4/c1-4-12-31(13-5-1)37-26-29-42-40(30-37)39-18-10-11-19-41(39)49(42)38-27-24-33(25-28-38)32-20-22-36(23-21-32)45-47-43(34-14-6-2-7-15-34)46-44(48-45)35-16-8-3-9-17-35/h1-30H/i1D,4D,5D,10D,11D,12D,13D,18D,19D,20D,21D,22D,23D,24D,25D,26D,27D,28D,29D,30D. The molecular weight excluding hydrogens is 597 g/mol. The number of rotatable bonds is 6. The zero-order chi connectivity index (χ0) is 50.0. The molecule has 7 aromatic carbocycles. The van der Waals surface area contributed by atoms with Crippen molar-refractivity contribution >= 4 is 21.8 Å². The third-order valence-corrected chi connectivity index (χ3v) is 7.54. The molecule has 0 aliphatic carbocycles. The van der Waals surface area contributed by atoms with Gasteiger partial charge in [0, 0.05) is 33.2 Å². The first-order valence-corrected chi connectivity index (χ1v) is 14.8. The Morgan fingerprint density at radius 2 is 0.837 bits per heavy atom. The maximum absolute atomic E-state index is 9.41. The molecule has 4 nitrogen and oxygen atoms in total. The monoisotopic (exact) mass is 646 g/mol. The van der Waals surface area contributed by atoms with E-state index >= 15 is 0 Å². The van der Waals surface area contributed by atoms with Gasteiger partial charge < -0.3 is 4.57 Å². The Labute approximate surface area is 312 Å². The highest BCUT2D eigenvalue weighted by molar-refractivity contribution is 6.10. The fourth-order valence-corrected chi connectivity index (χ4v) is 5.25. The Kier molecular flexibility index (Phi) is 3.64. The van der Waals surface area contributed by atoms with Gasteiger partial charge in [-0.15, -0.1) is 0 Å². The van der Waals surface area contributed by atoms with Gasteiger partial charge in [0.15, 0.2) is 17.5 Å². The van der Waals surface area contributed by atoms with Crippen molar-refractivity contribution in [1.29, 1.82) is 0 Å². The van der Waals surface area contributed by atoms with E-state index in [1.165, 1.54) is 0 Å². The molecule has 9 rings (SSSR count). The molecule has 0 atom stereocenters. The number of para-hydroxylation sites is 1. The summed E-state index contributed by atoms with van der Waals surface area (Å²) in [5.41, 5.74) is -3.77. The van der Waals surface area contributed by atoms with Crippen LogP contribution in [-0.4, -0.2) is 19.5 Å². The summed E-state index contributed by atoms with van der Waals surface area (Å²) >= 11 is 0. The van der Waals surface area contributed by atoms with Gasteiger partial charge >= 0.3 is 0 Å².